The Morgan fingerprint density at radius 2 is 1.20 bits per heavy atom. The molecule has 1 aliphatic heterocycles. The van der Waals surface area contributed by atoms with Crippen LogP contribution in [0.3, 0.4) is 0 Å². The summed E-state index contributed by atoms with van der Waals surface area (Å²) in [6.07, 6.45) is -0.748. The lowest BCUT2D eigenvalue weighted by Crippen LogP contribution is -2.49. The Morgan fingerprint density at radius 3 is 1.88 bits per heavy atom. The predicted molar refractivity (Wildman–Crippen MR) is 201 cm³/mol. The largest absolute Gasteiger partial charge is 0.508 e. The number of amidine groups is 1. The highest BCUT2D eigenvalue weighted by molar-refractivity contribution is 6.44. The number of aromatic hydroxyl groups is 2. The first-order valence-electron chi connectivity index (χ1n) is 16.2. The lowest BCUT2D eigenvalue weighted by molar-refractivity contribution is 0.409. The topological polar surface area (TPSA) is 76.9 Å². The molecule has 5 nitrogen and oxygen atoms in total. The van der Waals surface area contributed by atoms with Gasteiger partial charge in [-0.15, -0.1) is 0 Å². The van der Waals surface area contributed by atoms with Crippen molar-refractivity contribution in [2.24, 2.45) is 4.99 Å². The van der Waals surface area contributed by atoms with E-state index in [1.807, 2.05) is 97.9 Å². The monoisotopic (exact) mass is 629 g/mol. The lowest BCUT2D eigenvalue weighted by Gasteiger charge is -2.35. The van der Waals surface area contributed by atoms with E-state index in [4.69, 9.17) is 28.5 Å². The summed E-state index contributed by atoms with van der Waals surface area (Å²) in [6, 6.07) is 38.2. The summed E-state index contributed by atoms with van der Waals surface area (Å²) in [5.74, 6) is 0.615. The van der Waals surface area contributed by atoms with E-state index in [-0.39, 0.29) is 22.4 Å². The molecule has 0 fully saturated rings. The first-order valence-corrected chi connectivity index (χ1v) is 16.2. The van der Waals surface area contributed by atoms with Crippen LogP contribution in [0.25, 0.3) is 33.4 Å². The molecule has 6 radical (unpaired) electrons. The normalized spacial score (nSPS) is 16.4. The van der Waals surface area contributed by atoms with Crippen molar-refractivity contribution in [1.82, 2.24) is 10.6 Å². The van der Waals surface area contributed by atoms with Crippen molar-refractivity contribution in [3.63, 3.8) is 0 Å². The van der Waals surface area contributed by atoms with E-state index < -0.39 is 12.3 Å². The van der Waals surface area contributed by atoms with Gasteiger partial charge in [-0.1, -0.05) is 120 Å². The van der Waals surface area contributed by atoms with Crippen molar-refractivity contribution >= 4 is 45.8 Å². The first-order chi connectivity index (χ1) is 23.8. The molecule has 2 atom stereocenters. The molecule has 0 aromatic heterocycles. The van der Waals surface area contributed by atoms with Crippen LogP contribution in [0.15, 0.2) is 120 Å². The molecule has 230 valence electrons. The molecule has 0 spiro atoms. The number of nitrogens with one attached hydrogen (secondary N) is 2. The van der Waals surface area contributed by atoms with E-state index >= 15 is 0 Å². The maximum atomic E-state index is 12.0. The van der Waals surface area contributed by atoms with Gasteiger partial charge in [0.05, 0.1) is 0 Å². The minimum absolute atomic E-state index is 0.0246. The van der Waals surface area contributed by atoms with Crippen LogP contribution in [-0.2, 0) is 6.42 Å². The fraction of sp³-hybridized carbons (Fsp3) is 0.0976. The molecule has 1 aliphatic carbocycles. The van der Waals surface area contributed by atoms with Gasteiger partial charge in [0, 0.05) is 11.1 Å². The highest BCUT2D eigenvalue weighted by Crippen LogP contribution is 2.49. The van der Waals surface area contributed by atoms with Crippen LogP contribution >= 0.6 is 0 Å². The zero-order chi connectivity index (χ0) is 33.8. The third-order valence-corrected chi connectivity index (χ3v) is 9.74. The van der Waals surface area contributed by atoms with Crippen molar-refractivity contribution < 1.29 is 10.2 Å². The second kappa shape index (κ2) is 12.2. The van der Waals surface area contributed by atoms with E-state index in [2.05, 4.69) is 34.9 Å². The molecule has 2 aliphatic rings. The Morgan fingerprint density at radius 1 is 0.612 bits per heavy atom. The predicted octanol–water partition coefficient (Wildman–Crippen LogP) is 5.03. The number of aliphatic imine (C=N–C) groups is 1. The van der Waals surface area contributed by atoms with Gasteiger partial charge in [-0.2, -0.15) is 0 Å². The van der Waals surface area contributed by atoms with E-state index in [9.17, 15) is 10.2 Å². The minimum Gasteiger partial charge on any atom is -0.508 e. The SMILES string of the molecule is [B]c1c(O)c(C)c(-c2ccccc2)c2c1Cc1c([B])c(C3NC(c4ccccc4)=NC(c4cccc(-c5ccccc5)c4)N3)c([B])c(O)c1-2. The number of fused-ring (bicyclic) bond motifs is 3. The fourth-order valence-electron chi connectivity index (χ4n) is 7.29. The van der Waals surface area contributed by atoms with E-state index in [1.165, 1.54) is 0 Å². The fourth-order valence-corrected chi connectivity index (χ4v) is 7.29. The van der Waals surface area contributed by atoms with Crippen molar-refractivity contribution in [1.29, 1.82) is 0 Å². The van der Waals surface area contributed by atoms with Gasteiger partial charge in [-0.3, -0.25) is 5.32 Å². The average Bonchev–Trinajstić information content (AvgIpc) is 3.55. The maximum Gasteiger partial charge on any atom is 0.131 e. The first kappa shape index (κ1) is 30.9. The molecule has 6 aromatic rings. The number of nitrogens with zero attached hydrogens (tertiary/aromatic N) is 1. The van der Waals surface area contributed by atoms with E-state index in [0.29, 0.717) is 45.5 Å². The Hall–Kier alpha value is -5.46. The molecule has 1 heterocycles. The van der Waals surface area contributed by atoms with E-state index in [0.717, 1.165) is 38.9 Å². The summed E-state index contributed by atoms with van der Waals surface area (Å²) >= 11 is 0. The third-order valence-electron chi connectivity index (χ3n) is 9.74. The summed E-state index contributed by atoms with van der Waals surface area (Å²) in [6.45, 7) is 1.83. The van der Waals surface area contributed by atoms with Crippen molar-refractivity contribution in [2.75, 3.05) is 0 Å². The molecular formula is C41H30B3N3O2. The lowest BCUT2D eigenvalue weighted by atomic mass is 9.73. The van der Waals surface area contributed by atoms with Crippen molar-refractivity contribution in [3.05, 3.63) is 149 Å². The Balaban J connectivity index is 1.27. The molecule has 0 bridgehead atoms. The van der Waals surface area contributed by atoms with Gasteiger partial charge < -0.3 is 15.5 Å². The second-order valence-corrected chi connectivity index (χ2v) is 12.6. The highest BCUT2D eigenvalue weighted by atomic mass is 16.3. The number of benzene rings is 6. The van der Waals surface area contributed by atoms with Crippen LogP contribution in [0.1, 0.15) is 45.7 Å². The number of phenols is 2. The summed E-state index contributed by atoms with van der Waals surface area (Å²) in [5, 5.41) is 30.3. The number of hydrogen-bond donors (Lipinski definition) is 4. The molecule has 8 heteroatoms. The second-order valence-electron chi connectivity index (χ2n) is 12.6. The van der Waals surface area contributed by atoms with Gasteiger partial charge >= 0.3 is 0 Å². The molecule has 0 saturated heterocycles. The maximum absolute atomic E-state index is 12.0. The quantitative estimate of drug-likeness (QED) is 0.202. The molecular weight excluding hydrogens is 599 g/mol. The molecule has 0 saturated carbocycles. The Labute approximate surface area is 290 Å². The van der Waals surface area contributed by atoms with Gasteiger partial charge in [-0.25, -0.2) is 4.99 Å². The zero-order valence-corrected chi connectivity index (χ0v) is 26.9. The smallest absolute Gasteiger partial charge is 0.131 e. The summed E-state index contributed by atoms with van der Waals surface area (Å²) in [4.78, 5) is 5.10. The average molecular weight is 629 g/mol. The van der Waals surface area contributed by atoms with Crippen LogP contribution in [0.4, 0.5) is 0 Å². The molecule has 0 amide bonds. The van der Waals surface area contributed by atoms with Gasteiger partial charge in [0.25, 0.3) is 0 Å². The summed E-state index contributed by atoms with van der Waals surface area (Å²) in [7, 11) is 20.5. The Bertz CT molecular complexity index is 2280. The van der Waals surface area contributed by atoms with Gasteiger partial charge in [0.2, 0.25) is 0 Å². The molecule has 8 rings (SSSR count). The van der Waals surface area contributed by atoms with Crippen molar-refractivity contribution in [3.8, 4) is 44.9 Å². The standard InChI is InChI=1S/C41H30B3N3O2/c1-22-30(24-14-7-3-8-15-24)31-28(35(43)37(22)48)21-29-32(31)38(49)36(44)33(34(29)42)41-46-39(25-16-9-4-10-17-25)45-40(47-41)27-19-11-18-26(20-27)23-12-5-2-6-13-23/h2-20,40-41,47-49H,21H2,1H3,(H,45,46). The van der Waals surface area contributed by atoms with Crippen molar-refractivity contribution in [2.45, 2.75) is 25.7 Å². The molecule has 6 aromatic carbocycles. The van der Waals surface area contributed by atoms with E-state index in [1.54, 1.807) is 0 Å². The molecule has 2 unspecified atom stereocenters. The van der Waals surface area contributed by atoms with Crippen LogP contribution in [-0.4, -0.2) is 39.6 Å². The molecule has 4 N–H and O–H groups in total. The number of hydrogen-bond acceptors (Lipinski definition) is 5. The van der Waals surface area contributed by atoms with Crippen LogP contribution in [0.5, 0.6) is 11.5 Å². The summed E-state index contributed by atoms with van der Waals surface area (Å²) < 4.78 is 0. The van der Waals surface area contributed by atoms with Crippen LogP contribution in [0.2, 0.25) is 0 Å². The third kappa shape index (κ3) is 5.15. The van der Waals surface area contributed by atoms with Crippen LogP contribution < -0.4 is 27.0 Å². The van der Waals surface area contributed by atoms with Gasteiger partial charge in [0.1, 0.15) is 53.2 Å². The number of rotatable bonds is 5. The minimum atomic E-state index is -0.612. The number of phenolic OH excluding ortho intramolecular Hbond substituents is 2. The van der Waals surface area contributed by atoms with Gasteiger partial charge in [-0.05, 0) is 80.5 Å². The molecule has 49 heavy (non-hydrogen) atoms. The highest BCUT2D eigenvalue weighted by Gasteiger charge is 2.35. The van der Waals surface area contributed by atoms with Gasteiger partial charge in [0.15, 0.2) is 0 Å². The Kier molecular flexibility index (Phi) is 7.69. The summed E-state index contributed by atoms with van der Waals surface area (Å²) in [5.41, 5.74) is 10.4. The van der Waals surface area contributed by atoms with Crippen LogP contribution in [0, 0.1) is 6.92 Å². The zero-order valence-electron chi connectivity index (χ0n) is 26.9.